The van der Waals surface area contributed by atoms with Gasteiger partial charge in [-0.15, -0.1) is 18.2 Å². The van der Waals surface area contributed by atoms with Gasteiger partial charge in [0.05, 0.1) is 6.10 Å². The molecular formula is C8H15ClO. The SMILES string of the molecule is C=CCCCC[C@@H](O)CCl. The van der Waals surface area contributed by atoms with Crippen LogP contribution in [0.25, 0.3) is 0 Å². The van der Waals surface area contributed by atoms with Crippen LogP contribution < -0.4 is 0 Å². The average molecular weight is 163 g/mol. The fourth-order valence-corrected chi connectivity index (χ4v) is 0.900. The van der Waals surface area contributed by atoms with Gasteiger partial charge in [-0.3, -0.25) is 0 Å². The van der Waals surface area contributed by atoms with Gasteiger partial charge < -0.3 is 5.11 Å². The normalized spacial score (nSPS) is 13.0. The number of unbranched alkanes of at least 4 members (excludes halogenated alkanes) is 2. The Labute approximate surface area is 67.7 Å². The van der Waals surface area contributed by atoms with Crippen molar-refractivity contribution >= 4 is 11.6 Å². The minimum atomic E-state index is -0.313. The Morgan fingerprint density at radius 3 is 2.70 bits per heavy atom. The maximum absolute atomic E-state index is 9.00. The van der Waals surface area contributed by atoms with Gasteiger partial charge in [-0.1, -0.05) is 12.5 Å². The molecule has 0 aromatic carbocycles. The first-order valence-corrected chi connectivity index (χ1v) is 4.19. The molecule has 2 heteroatoms. The quantitative estimate of drug-likeness (QED) is 0.361. The number of aliphatic hydroxyl groups is 1. The molecule has 60 valence electrons. The molecule has 0 radical (unpaired) electrons. The largest absolute Gasteiger partial charge is 0.392 e. The number of halogens is 1. The van der Waals surface area contributed by atoms with Gasteiger partial charge in [0.2, 0.25) is 0 Å². The predicted molar refractivity (Wildman–Crippen MR) is 45.4 cm³/mol. The van der Waals surface area contributed by atoms with Crippen molar-refractivity contribution in [1.29, 1.82) is 0 Å². The Morgan fingerprint density at radius 2 is 2.20 bits per heavy atom. The third-order valence-corrected chi connectivity index (χ3v) is 1.73. The summed E-state index contributed by atoms with van der Waals surface area (Å²) in [6, 6.07) is 0. The van der Waals surface area contributed by atoms with Crippen LogP contribution in [0.3, 0.4) is 0 Å². The monoisotopic (exact) mass is 162 g/mol. The first-order valence-electron chi connectivity index (χ1n) is 3.66. The van der Waals surface area contributed by atoms with Crippen LogP contribution in [-0.4, -0.2) is 17.1 Å². The highest BCUT2D eigenvalue weighted by Gasteiger charge is 1.99. The predicted octanol–water partition coefficient (Wildman–Crippen LogP) is 2.33. The van der Waals surface area contributed by atoms with E-state index in [-0.39, 0.29) is 6.10 Å². The fraction of sp³-hybridized carbons (Fsp3) is 0.750. The van der Waals surface area contributed by atoms with E-state index in [1.54, 1.807) is 0 Å². The highest BCUT2D eigenvalue weighted by Crippen LogP contribution is 2.04. The number of hydrogen-bond acceptors (Lipinski definition) is 1. The van der Waals surface area contributed by atoms with E-state index >= 15 is 0 Å². The zero-order chi connectivity index (χ0) is 7.82. The third-order valence-electron chi connectivity index (χ3n) is 1.37. The van der Waals surface area contributed by atoms with Gasteiger partial charge in [-0.25, -0.2) is 0 Å². The second kappa shape index (κ2) is 7.10. The van der Waals surface area contributed by atoms with Crippen LogP contribution >= 0.6 is 11.6 Å². The van der Waals surface area contributed by atoms with Crippen molar-refractivity contribution < 1.29 is 5.11 Å². The molecular weight excluding hydrogens is 148 g/mol. The van der Waals surface area contributed by atoms with Gasteiger partial charge >= 0.3 is 0 Å². The molecule has 0 aromatic rings. The molecule has 0 aliphatic heterocycles. The first-order chi connectivity index (χ1) is 4.81. The summed E-state index contributed by atoms with van der Waals surface area (Å²) in [5.74, 6) is 0.355. The molecule has 0 rings (SSSR count). The zero-order valence-corrected chi connectivity index (χ0v) is 6.98. The molecule has 0 aliphatic carbocycles. The van der Waals surface area contributed by atoms with Gasteiger partial charge in [0, 0.05) is 5.88 Å². The molecule has 1 nitrogen and oxygen atoms in total. The number of alkyl halides is 1. The molecule has 0 saturated heterocycles. The van der Waals surface area contributed by atoms with Gasteiger partial charge in [0.25, 0.3) is 0 Å². The molecule has 1 atom stereocenters. The summed E-state index contributed by atoms with van der Waals surface area (Å²) in [4.78, 5) is 0. The Hall–Kier alpha value is -0.0100. The van der Waals surface area contributed by atoms with E-state index in [1.807, 2.05) is 6.08 Å². The highest BCUT2D eigenvalue weighted by atomic mass is 35.5. The average Bonchev–Trinajstić information content (AvgIpc) is 1.98. The lowest BCUT2D eigenvalue weighted by Gasteiger charge is -2.03. The summed E-state index contributed by atoms with van der Waals surface area (Å²) in [5, 5.41) is 9.00. The number of hydrogen-bond donors (Lipinski definition) is 1. The topological polar surface area (TPSA) is 20.2 Å². The lowest BCUT2D eigenvalue weighted by Crippen LogP contribution is -2.07. The van der Waals surface area contributed by atoms with Crippen molar-refractivity contribution in [2.75, 3.05) is 5.88 Å². The summed E-state index contributed by atoms with van der Waals surface area (Å²) in [5.41, 5.74) is 0. The molecule has 10 heavy (non-hydrogen) atoms. The summed E-state index contributed by atoms with van der Waals surface area (Å²) in [6.45, 7) is 3.61. The molecule has 0 unspecified atom stereocenters. The fourth-order valence-electron chi connectivity index (χ4n) is 0.746. The molecule has 0 spiro atoms. The summed E-state index contributed by atoms with van der Waals surface area (Å²) in [6.07, 6.45) is 5.59. The highest BCUT2D eigenvalue weighted by molar-refractivity contribution is 6.18. The van der Waals surface area contributed by atoms with E-state index in [9.17, 15) is 0 Å². The lowest BCUT2D eigenvalue weighted by molar-refractivity contribution is 0.184. The van der Waals surface area contributed by atoms with Crippen LogP contribution in [0.5, 0.6) is 0 Å². The van der Waals surface area contributed by atoms with Crippen LogP contribution in [0.15, 0.2) is 12.7 Å². The van der Waals surface area contributed by atoms with Crippen molar-refractivity contribution in [2.45, 2.75) is 31.8 Å². The van der Waals surface area contributed by atoms with Crippen LogP contribution in [0.1, 0.15) is 25.7 Å². The van der Waals surface area contributed by atoms with Crippen LogP contribution in [-0.2, 0) is 0 Å². The first kappa shape index (κ1) is 9.99. The Kier molecular flexibility index (Phi) is 7.09. The Balaban J connectivity index is 2.95. The molecule has 1 N–H and O–H groups in total. The minimum Gasteiger partial charge on any atom is -0.392 e. The molecule has 0 amide bonds. The zero-order valence-electron chi connectivity index (χ0n) is 6.22. The van der Waals surface area contributed by atoms with E-state index in [0.717, 1.165) is 25.7 Å². The second-order valence-electron chi connectivity index (χ2n) is 2.38. The molecule has 0 aliphatic rings. The minimum absolute atomic E-state index is 0.313. The van der Waals surface area contributed by atoms with Crippen molar-refractivity contribution in [2.24, 2.45) is 0 Å². The van der Waals surface area contributed by atoms with Crippen LogP contribution in [0.4, 0.5) is 0 Å². The van der Waals surface area contributed by atoms with Crippen LogP contribution in [0, 0.1) is 0 Å². The second-order valence-corrected chi connectivity index (χ2v) is 2.69. The summed E-state index contributed by atoms with van der Waals surface area (Å²) < 4.78 is 0. The van der Waals surface area contributed by atoms with Crippen molar-refractivity contribution in [1.82, 2.24) is 0 Å². The Bertz CT molecular complexity index is 83.3. The van der Waals surface area contributed by atoms with Gasteiger partial charge in [-0.05, 0) is 19.3 Å². The maximum Gasteiger partial charge on any atom is 0.0675 e. The summed E-state index contributed by atoms with van der Waals surface area (Å²) >= 11 is 5.39. The maximum atomic E-state index is 9.00. The van der Waals surface area contributed by atoms with Crippen LogP contribution in [0.2, 0.25) is 0 Å². The van der Waals surface area contributed by atoms with Crippen molar-refractivity contribution in [3.63, 3.8) is 0 Å². The van der Waals surface area contributed by atoms with Gasteiger partial charge in [-0.2, -0.15) is 0 Å². The van der Waals surface area contributed by atoms with Crippen molar-refractivity contribution in [3.8, 4) is 0 Å². The number of rotatable bonds is 6. The van der Waals surface area contributed by atoms with E-state index in [4.69, 9.17) is 16.7 Å². The van der Waals surface area contributed by atoms with E-state index in [1.165, 1.54) is 0 Å². The van der Waals surface area contributed by atoms with E-state index in [2.05, 4.69) is 6.58 Å². The molecule has 0 fully saturated rings. The standard InChI is InChI=1S/C8H15ClO/c1-2-3-4-5-6-8(10)7-9/h2,8,10H,1,3-7H2/t8-/m1/s1. The summed E-state index contributed by atoms with van der Waals surface area (Å²) in [7, 11) is 0. The lowest BCUT2D eigenvalue weighted by atomic mass is 10.1. The van der Waals surface area contributed by atoms with Gasteiger partial charge in [0.1, 0.15) is 0 Å². The number of aliphatic hydroxyl groups excluding tert-OH is 1. The molecule has 0 saturated carbocycles. The van der Waals surface area contributed by atoms with E-state index in [0.29, 0.717) is 5.88 Å². The molecule has 0 bridgehead atoms. The van der Waals surface area contributed by atoms with Crippen molar-refractivity contribution in [3.05, 3.63) is 12.7 Å². The van der Waals surface area contributed by atoms with Gasteiger partial charge in [0.15, 0.2) is 0 Å². The Morgan fingerprint density at radius 1 is 1.50 bits per heavy atom. The van der Waals surface area contributed by atoms with E-state index < -0.39 is 0 Å². The third kappa shape index (κ3) is 6.12. The number of allylic oxidation sites excluding steroid dienone is 1. The molecule has 0 aromatic heterocycles. The smallest absolute Gasteiger partial charge is 0.0675 e. The molecule has 0 heterocycles.